The van der Waals surface area contributed by atoms with Crippen molar-refractivity contribution in [1.82, 2.24) is 4.98 Å². The molecule has 0 aromatic carbocycles. The predicted octanol–water partition coefficient (Wildman–Crippen LogP) is 2.50. The third-order valence-corrected chi connectivity index (χ3v) is 2.95. The summed E-state index contributed by atoms with van der Waals surface area (Å²) < 4.78 is 0. The average molecular weight is 190 g/mol. The molecule has 76 valence electrons. The van der Waals surface area contributed by atoms with Crippen LogP contribution in [0.15, 0.2) is 12.1 Å². The van der Waals surface area contributed by atoms with E-state index in [4.69, 9.17) is 5.73 Å². The number of aromatic nitrogens is 1. The maximum absolute atomic E-state index is 6.15. The quantitative estimate of drug-likeness (QED) is 0.795. The minimum Gasteiger partial charge on any atom is -0.324 e. The molecule has 0 amide bonds. The molecule has 2 heteroatoms. The van der Waals surface area contributed by atoms with E-state index in [1.54, 1.807) is 0 Å². The molecule has 2 N–H and O–H groups in total. The molecule has 0 bridgehead atoms. The summed E-state index contributed by atoms with van der Waals surface area (Å²) in [5.41, 5.74) is 9.54. The van der Waals surface area contributed by atoms with Crippen molar-refractivity contribution in [3.63, 3.8) is 0 Å². The average Bonchev–Trinajstić information content (AvgIpc) is 2.87. The second-order valence-electron chi connectivity index (χ2n) is 4.41. The van der Waals surface area contributed by atoms with Crippen LogP contribution < -0.4 is 5.73 Å². The standard InChI is InChI=1S/C12H18N2/c1-8-3-6-11(9(2)14-8)12(13)7-10-4-5-10/h3,6,10,12H,4-5,7,13H2,1-2H3/t12-/m0/s1. The van der Waals surface area contributed by atoms with E-state index in [9.17, 15) is 0 Å². The molecular weight excluding hydrogens is 172 g/mol. The number of nitrogens with two attached hydrogens (primary N) is 1. The van der Waals surface area contributed by atoms with Crippen molar-refractivity contribution < 1.29 is 0 Å². The summed E-state index contributed by atoms with van der Waals surface area (Å²) in [4.78, 5) is 4.44. The molecule has 1 atom stereocenters. The maximum atomic E-state index is 6.15. The third kappa shape index (κ3) is 2.13. The number of aryl methyl sites for hydroxylation is 2. The molecule has 1 aromatic rings. The smallest absolute Gasteiger partial charge is 0.0423 e. The number of hydrogen-bond acceptors (Lipinski definition) is 2. The fourth-order valence-electron chi connectivity index (χ4n) is 1.93. The van der Waals surface area contributed by atoms with E-state index < -0.39 is 0 Å². The normalized spacial score (nSPS) is 18.2. The zero-order valence-corrected chi connectivity index (χ0v) is 8.96. The molecule has 14 heavy (non-hydrogen) atoms. The first kappa shape index (κ1) is 9.66. The Bertz CT molecular complexity index is 329. The van der Waals surface area contributed by atoms with Crippen LogP contribution in [-0.4, -0.2) is 4.98 Å². The van der Waals surface area contributed by atoms with Crippen molar-refractivity contribution in [3.05, 3.63) is 29.1 Å². The van der Waals surface area contributed by atoms with Gasteiger partial charge in [-0.2, -0.15) is 0 Å². The van der Waals surface area contributed by atoms with Gasteiger partial charge in [-0.3, -0.25) is 4.98 Å². The van der Waals surface area contributed by atoms with Gasteiger partial charge in [0.15, 0.2) is 0 Å². The summed E-state index contributed by atoms with van der Waals surface area (Å²) in [6.45, 7) is 4.07. The van der Waals surface area contributed by atoms with Gasteiger partial charge in [-0.05, 0) is 37.8 Å². The molecule has 1 saturated carbocycles. The molecule has 2 nitrogen and oxygen atoms in total. The topological polar surface area (TPSA) is 38.9 Å². The lowest BCUT2D eigenvalue weighted by molar-refractivity contribution is 0.591. The predicted molar refractivity (Wildman–Crippen MR) is 58.0 cm³/mol. The van der Waals surface area contributed by atoms with Crippen LogP contribution in [0.4, 0.5) is 0 Å². The molecule has 1 fully saturated rings. The zero-order valence-electron chi connectivity index (χ0n) is 8.96. The maximum Gasteiger partial charge on any atom is 0.0423 e. The highest BCUT2D eigenvalue weighted by atomic mass is 14.7. The Kier molecular flexibility index (Phi) is 2.55. The Hall–Kier alpha value is -0.890. The van der Waals surface area contributed by atoms with Gasteiger partial charge in [-0.25, -0.2) is 0 Å². The van der Waals surface area contributed by atoms with E-state index in [1.165, 1.54) is 18.4 Å². The Balaban J connectivity index is 2.13. The van der Waals surface area contributed by atoms with Gasteiger partial charge >= 0.3 is 0 Å². The first-order valence-corrected chi connectivity index (χ1v) is 5.36. The molecule has 1 aliphatic carbocycles. The van der Waals surface area contributed by atoms with Crippen LogP contribution >= 0.6 is 0 Å². The molecule has 0 saturated heterocycles. The van der Waals surface area contributed by atoms with Crippen LogP contribution in [0.5, 0.6) is 0 Å². The number of hydrogen-bond donors (Lipinski definition) is 1. The Labute approximate surface area is 85.5 Å². The van der Waals surface area contributed by atoms with Crippen molar-refractivity contribution in [2.45, 2.75) is 39.2 Å². The van der Waals surface area contributed by atoms with Gasteiger partial charge in [0, 0.05) is 17.4 Å². The summed E-state index contributed by atoms with van der Waals surface area (Å²) in [5.74, 6) is 0.880. The highest BCUT2D eigenvalue weighted by Gasteiger charge is 2.25. The van der Waals surface area contributed by atoms with Crippen LogP contribution in [0.3, 0.4) is 0 Å². The second-order valence-corrected chi connectivity index (χ2v) is 4.41. The van der Waals surface area contributed by atoms with Gasteiger partial charge in [0.2, 0.25) is 0 Å². The van der Waals surface area contributed by atoms with Crippen molar-refractivity contribution in [3.8, 4) is 0 Å². The van der Waals surface area contributed by atoms with Gasteiger partial charge in [0.1, 0.15) is 0 Å². The van der Waals surface area contributed by atoms with Gasteiger partial charge in [-0.1, -0.05) is 18.9 Å². The monoisotopic (exact) mass is 190 g/mol. The lowest BCUT2D eigenvalue weighted by Gasteiger charge is -2.13. The van der Waals surface area contributed by atoms with E-state index in [0.29, 0.717) is 0 Å². The molecule has 1 heterocycles. The minimum atomic E-state index is 0.190. The molecular formula is C12H18N2. The first-order chi connectivity index (χ1) is 6.66. The van der Waals surface area contributed by atoms with Crippen LogP contribution in [0.2, 0.25) is 0 Å². The molecule has 0 aliphatic heterocycles. The van der Waals surface area contributed by atoms with Crippen molar-refractivity contribution in [1.29, 1.82) is 0 Å². The number of rotatable bonds is 3. The summed E-state index contributed by atoms with van der Waals surface area (Å²) in [5, 5.41) is 0. The number of nitrogens with zero attached hydrogens (tertiary/aromatic N) is 1. The Morgan fingerprint density at radius 2 is 2.14 bits per heavy atom. The van der Waals surface area contributed by atoms with Gasteiger partial charge in [0.25, 0.3) is 0 Å². The van der Waals surface area contributed by atoms with Crippen LogP contribution in [0.25, 0.3) is 0 Å². The Morgan fingerprint density at radius 1 is 1.43 bits per heavy atom. The minimum absolute atomic E-state index is 0.190. The van der Waals surface area contributed by atoms with Crippen molar-refractivity contribution in [2.24, 2.45) is 11.7 Å². The van der Waals surface area contributed by atoms with Crippen molar-refractivity contribution >= 4 is 0 Å². The third-order valence-electron chi connectivity index (χ3n) is 2.95. The summed E-state index contributed by atoms with van der Waals surface area (Å²) in [6, 6.07) is 4.37. The molecule has 0 spiro atoms. The van der Waals surface area contributed by atoms with Crippen LogP contribution in [-0.2, 0) is 0 Å². The number of pyridine rings is 1. The molecule has 1 aromatic heterocycles. The molecule has 0 unspecified atom stereocenters. The highest BCUT2D eigenvalue weighted by molar-refractivity contribution is 5.24. The Morgan fingerprint density at radius 3 is 2.71 bits per heavy atom. The van der Waals surface area contributed by atoms with Gasteiger partial charge in [0.05, 0.1) is 0 Å². The van der Waals surface area contributed by atoms with E-state index in [2.05, 4.69) is 24.0 Å². The summed E-state index contributed by atoms with van der Waals surface area (Å²) in [7, 11) is 0. The summed E-state index contributed by atoms with van der Waals surface area (Å²) in [6.07, 6.45) is 3.86. The molecule has 0 radical (unpaired) electrons. The molecule has 2 rings (SSSR count). The van der Waals surface area contributed by atoms with E-state index in [0.717, 1.165) is 23.7 Å². The fourth-order valence-corrected chi connectivity index (χ4v) is 1.93. The van der Waals surface area contributed by atoms with Crippen LogP contribution in [0, 0.1) is 19.8 Å². The van der Waals surface area contributed by atoms with E-state index in [1.807, 2.05) is 6.92 Å². The van der Waals surface area contributed by atoms with E-state index >= 15 is 0 Å². The van der Waals surface area contributed by atoms with Gasteiger partial charge < -0.3 is 5.73 Å². The lowest BCUT2D eigenvalue weighted by atomic mass is 10.0. The van der Waals surface area contributed by atoms with E-state index in [-0.39, 0.29) is 6.04 Å². The molecule has 1 aliphatic rings. The SMILES string of the molecule is Cc1ccc([C@@H](N)CC2CC2)c(C)n1. The van der Waals surface area contributed by atoms with Crippen LogP contribution in [0.1, 0.15) is 42.3 Å². The zero-order chi connectivity index (χ0) is 10.1. The second kappa shape index (κ2) is 3.70. The summed E-state index contributed by atoms with van der Waals surface area (Å²) >= 11 is 0. The first-order valence-electron chi connectivity index (χ1n) is 5.36. The van der Waals surface area contributed by atoms with Crippen molar-refractivity contribution in [2.75, 3.05) is 0 Å². The fraction of sp³-hybridized carbons (Fsp3) is 0.583. The van der Waals surface area contributed by atoms with Gasteiger partial charge in [-0.15, -0.1) is 0 Å². The lowest BCUT2D eigenvalue weighted by Crippen LogP contribution is -2.13. The largest absolute Gasteiger partial charge is 0.324 e. The highest BCUT2D eigenvalue weighted by Crippen LogP contribution is 2.37.